The third-order valence-corrected chi connectivity index (χ3v) is 7.44. The molecule has 176 valence electrons. The first-order valence-corrected chi connectivity index (χ1v) is 12.3. The molecule has 5 rings (SSSR count). The SMILES string of the molecule is Cc1ccc(Cl)cc1-c1ccc(C=C2SC(=S)N(c3c(C)n(C)n(-c4ccccc4)c3=O)C2=O)o1. The molecule has 0 radical (unpaired) electrons. The fourth-order valence-electron chi connectivity index (χ4n) is 4.04. The van der Waals surface area contributed by atoms with Crippen LogP contribution < -0.4 is 10.5 Å². The lowest BCUT2D eigenvalue weighted by molar-refractivity contribution is -0.113. The normalized spacial score (nSPS) is 15.0. The summed E-state index contributed by atoms with van der Waals surface area (Å²) in [4.78, 5) is 28.5. The number of furan rings is 1. The smallest absolute Gasteiger partial charge is 0.296 e. The van der Waals surface area contributed by atoms with Gasteiger partial charge in [-0.25, -0.2) is 4.68 Å². The Hall–Kier alpha value is -3.33. The number of carbonyl (C=O) groups is 1. The van der Waals surface area contributed by atoms with Crippen LogP contribution >= 0.6 is 35.6 Å². The minimum Gasteiger partial charge on any atom is -0.457 e. The molecule has 0 bridgehead atoms. The highest BCUT2D eigenvalue weighted by molar-refractivity contribution is 8.27. The van der Waals surface area contributed by atoms with Gasteiger partial charge in [0.15, 0.2) is 4.32 Å². The lowest BCUT2D eigenvalue weighted by Gasteiger charge is -2.12. The van der Waals surface area contributed by atoms with Crippen molar-refractivity contribution in [2.24, 2.45) is 7.05 Å². The lowest BCUT2D eigenvalue weighted by atomic mass is 10.1. The van der Waals surface area contributed by atoms with Gasteiger partial charge >= 0.3 is 0 Å². The van der Waals surface area contributed by atoms with Crippen LogP contribution in [0.5, 0.6) is 0 Å². The molecule has 0 atom stereocenters. The van der Waals surface area contributed by atoms with Crippen LogP contribution in [0, 0.1) is 13.8 Å². The van der Waals surface area contributed by atoms with Gasteiger partial charge in [-0.2, -0.15) is 0 Å². The second kappa shape index (κ2) is 9.03. The Bertz CT molecular complexity index is 1580. The van der Waals surface area contributed by atoms with Crippen molar-refractivity contribution >= 4 is 57.6 Å². The molecule has 4 aromatic rings. The van der Waals surface area contributed by atoms with Crippen LogP contribution in [0.4, 0.5) is 5.69 Å². The summed E-state index contributed by atoms with van der Waals surface area (Å²) in [5.41, 5.74) is 3.17. The molecule has 0 saturated carbocycles. The minimum absolute atomic E-state index is 0.247. The minimum atomic E-state index is -0.358. The monoisotopic (exact) mass is 521 g/mol. The largest absolute Gasteiger partial charge is 0.457 e. The molecule has 2 aromatic heterocycles. The molecule has 6 nitrogen and oxygen atoms in total. The highest BCUT2D eigenvalue weighted by Gasteiger charge is 2.38. The van der Waals surface area contributed by atoms with E-state index in [9.17, 15) is 9.59 Å². The highest BCUT2D eigenvalue weighted by atomic mass is 35.5. The van der Waals surface area contributed by atoms with Gasteiger partial charge in [-0.05, 0) is 55.8 Å². The summed E-state index contributed by atoms with van der Waals surface area (Å²) in [6, 6.07) is 18.5. The second-order valence-electron chi connectivity index (χ2n) is 8.09. The predicted octanol–water partition coefficient (Wildman–Crippen LogP) is 6.11. The molecule has 0 aliphatic carbocycles. The molecule has 3 heterocycles. The van der Waals surface area contributed by atoms with Gasteiger partial charge in [0.1, 0.15) is 17.2 Å². The summed E-state index contributed by atoms with van der Waals surface area (Å²) >= 11 is 12.8. The molecule has 0 N–H and O–H groups in total. The summed E-state index contributed by atoms with van der Waals surface area (Å²) in [6.07, 6.45) is 1.65. The molecule has 0 unspecified atom stereocenters. The number of anilines is 1. The zero-order valence-corrected chi connectivity index (χ0v) is 21.5. The molecule has 1 amide bonds. The maximum Gasteiger partial charge on any atom is 0.296 e. The summed E-state index contributed by atoms with van der Waals surface area (Å²) in [7, 11) is 1.78. The van der Waals surface area contributed by atoms with E-state index in [0.717, 1.165) is 22.9 Å². The number of carbonyl (C=O) groups excluding carboxylic acids is 1. The third-order valence-electron chi connectivity index (χ3n) is 5.91. The lowest BCUT2D eigenvalue weighted by Crippen LogP contribution is -2.33. The highest BCUT2D eigenvalue weighted by Crippen LogP contribution is 2.37. The Balaban J connectivity index is 1.50. The Morgan fingerprint density at radius 2 is 1.77 bits per heavy atom. The second-order valence-corrected chi connectivity index (χ2v) is 10.2. The number of benzene rings is 2. The van der Waals surface area contributed by atoms with E-state index in [-0.39, 0.29) is 17.2 Å². The number of thiocarbonyl (C=S) groups is 1. The van der Waals surface area contributed by atoms with Gasteiger partial charge in [0.25, 0.3) is 11.5 Å². The van der Waals surface area contributed by atoms with Crippen LogP contribution in [0.1, 0.15) is 17.0 Å². The number of para-hydroxylation sites is 1. The summed E-state index contributed by atoms with van der Waals surface area (Å²) < 4.78 is 9.53. The molecule has 1 aliphatic rings. The van der Waals surface area contributed by atoms with E-state index in [2.05, 4.69) is 0 Å². The molecule has 1 saturated heterocycles. The molecular formula is C26H20ClN3O3S2. The Labute approximate surface area is 216 Å². The van der Waals surface area contributed by atoms with Gasteiger partial charge < -0.3 is 4.42 Å². The van der Waals surface area contributed by atoms with Crippen LogP contribution in [0.15, 0.2) is 74.8 Å². The Morgan fingerprint density at radius 1 is 1.03 bits per heavy atom. The van der Waals surface area contributed by atoms with Crippen LogP contribution in [0.3, 0.4) is 0 Å². The number of amides is 1. The van der Waals surface area contributed by atoms with Crippen molar-refractivity contribution in [2.75, 3.05) is 4.90 Å². The first-order valence-electron chi connectivity index (χ1n) is 10.7. The van der Waals surface area contributed by atoms with Crippen molar-refractivity contribution in [3.63, 3.8) is 0 Å². The fourth-order valence-corrected chi connectivity index (χ4v) is 5.46. The van der Waals surface area contributed by atoms with Crippen LogP contribution in [0.2, 0.25) is 5.02 Å². The molecule has 9 heteroatoms. The van der Waals surface area contributed by atoms with Gasteiger partial charge in [0.05, 0.1) is 16.3 Å². The van der Waals surface area contributed by atoms with E-state index < -0.39 is 0 Å². The van der Waals surface area contributed by atoms with E-state index in [4.69, 9.17) is 28.2 Å². The number of halogens is 1. The first-order chi connectivity index (χ1) is 16.8. The van der Waals surface area contributed by atoms with Crippen molar-refractivity contribution in [3.05, 3.63) is 98.0 Å². The average molecular weight is 522 g/mol. The van der Waals surface area contributed by atoms with E-state index in [1.165, 1.54) is 9.58 Å². The van der Waals surface area contributed by atoms with Gasteiger partial charge in [0.2, 0.25) is 0 Å². The number of aryl methyl sites for hydroxylation is 1. The standard InChI is InChI=1S/C26H20ClN3O3S2/c1-15-9-10-17(27)13-20(15)21-12-11-19(33-21)14-22-24(31)29(26(34)35-22)23-16(2)28(3)30(25(23)32)18-7-5-4-6-8-18/h4-14H,1-3H3. The molecule has 35 heavy (non-hydrogen) atoms. The van der Waals surface area contributed by atoms with Crippen molar-refractivity contribution in [3.8, 4) is 17.0 Å². The van der Waals surface area contributed by atoms with Crippen molar-refractivity contribution in [1.29, 1.82) is 0 Å². The number of hydrogen-bond acceptors (Lipinski definition) is 5. The average Bonchev–Trinajstić information content (AvgIpc) is 3.47. The van der Waals surface area contributed by atoms with E-state index in [1.807, 2.05) is 61.5 Å². The number of nitrogens with zero attached hydrogens (tertiary/aromatic N) is 3. The maximum atomic E-state index is 13.4. The Morgan fingerprint density at radius 3 is 2.51 bits per heavy atom. The fraction of sp³-hybridized carbons (Fsp3) is 0.115. The topological polar surface area (TPSA) is 60.4 Å². The van der Waals surface area contributed by atoms with Gasteiger partial charge in [-0.15, -0.1) is 0 Å². The van der Waals surface area contributed by atoms with Crippen molar-refractivity contribution in [1.82, 2.24) is 9.36 Å². The van der Waals surface area contributed by atoms with Crippen molar-refractivity contribution in [2.45, 2.75) is 13.8 Å². The summed E-state index contributed by atoms with van der Waals surface area (Å²) in [6.45, 7) is 3.77. The summed E-state index contributed by atoms with van der Waals surface area (Å²) in [5, 5.41) is 0.615. The van der Waals surface area contributed by atoms with Crippen molar-refractivity contribution < 1.29 is 9.21 Å². The van der Waals surface area contributed by atoms with Gasteiger partial charge in [0, 0.05) is 23.7 Å². The van der Waals surface area contributed by atoms with E-state index in [1.54, 1.807) is 30.8 Å². The predicted molar refractivity (Wildman–Crippen MR) is 145 cm³/mol. The zero-order chi connectivity index (χ0) is 24.9. The van der Waals surface area contributed by atoms with Crippen LogP contribution in [-0.2, 0) is 11.8 Å². The first kappa shape index (κ1) is 23.4. The molecule has 1 fully saturated rings. The molecular weight excluding hydrogens is 502 g/mol. The van der Waals surface area contributed by atoms with Crippen LogP contribution in [0.25, 0.3) is 23.1 Å². The number of thioether (sulfide) groups is 1. The number of rotatable bonds is 4. The van der Waals surface area contributed by atoms with E-state index in [0.29, 0.717) is 37.2 Å². The zero-order valence-electron chi connectivity index (χ0n) is 19.1. The number of hydrogen-bond donors (Lipinski definition) is 0. The quantitative estimate of drug-likeness (QED) is 0.239. The molecule has 0 spiro atoms. The van der Waals surface area contributed by atoms with E-state index >= 15 is 0 Å². The van der Waals surface area contributed by atoms with Gasteiger partial charge in [-0.1, -0.05) is 59.8 Å². The number of aromatic nitrogens is 2. The van der Waals surface area contributed by atoms with Gasteiger partial charge in [-0.3, -0.25) is 19.2 Å². The molecule has 1 aliphatic heterocycles. The Kier molecular flexibility index (Phi) is 6.04. The summed E-state index contributed by atoms with van der Waals surface area (Å²) in [5.74, 6) is 0.797. The van der Waals surface area contributed by atoms with Crippen LogP contribution in [-0.4, -0.2) is 19.6 Å². The maximum absolute atomic E-state index is 13.4. The third kappa shape index (κ3) is 4.07. The molecule has 2 aromatic carbocycles.